The van der Waals surface area contributed by atoms with Gasteiger partial charge in [-0.15, -0.1) is 35.3 Å². The molecule has 4 nitrogen and oxygen atoms in total. The molecule has 0 radical (unpaired) electrons. The van der Waals surface area contributed by atoms with Gasteiger partial charge in [0.15, 0.2) is 5.96 Å². The summed E-state index contributed by atoms with van der Waals surface area (Å²) in [6.45, 7) is 8.35. The Kier molecular flexibility index (Phi) is 6.49. The molecule has 0 amide bonds. The van der Waals surface area contributed by atoms with E-state index in [-0.39, 0.29) is 24.0 Å². The number of rotatable bonds is 4. The maximum Gasteiger partial charge on any atom is 0.193 e. The Morgan fingerprint density at radius 2 is 2.27 bits per heavy atom. The minimum Gasteiger partial charge on any atom is -0.357 e. The Balaban J connectivity index is 0.00000176. The topological polar surface area (TPSA) is 40.5 Å². The molecular formula is C16H27IN4S. The van der Waals surface area contributed by atoms with Crippen LogP contribution in [0.3, 0.4) is 0 Å². The summed E-state index contributed by atoms with van der Waals surface area (Å²) in [5, 5.41) is 6.76. The molecule has 0 unspecified atom stereocenters. The van der Waals surface area contributed by atoms with Gasteiger partial charge in [-0.05, 0) is 38.5 Å². The number of nitrogens with zero attached hydrogens (tertiary/aromatic N) is 3. The Labute approximate surface area is 154 Å². The predicted molar refractivity (Wildman–Crippen MR) is 104 cm³/mol. The van der Waals surface area contributed by atoms with Crippen LogP contribution in [-0.2, 0) is 6.42 Å². The van der Waals surface area contributed by atoms with Crippen molar-refractivity contribution in [3.63, 3.8) is 0 Å². The summed E-state index contributed by atoms with van der Waals surface area (Å²) in [6, 6.07) is 0. The Morgan fingerprint density at radius 1 is 1.45 bits per heavy atom. The highest BCUT2D eigenvalue weighted by atomic mass is 127. The highest BCUT2D eigenvalue weighted by Gasteiger charge is 2.43. The van der Waals surface area contributed by atoms with Crippen molar-refractivity contribution in [2.24, 2.45) is 10.4 Å². The smallest absolute Gasteiger partial charge is 0.193 e. The second kappa shape index (κ2) is 7.95. The van der Waals surface area contributed by atoms with Crippen molar-refractivity contribution in [3.8, 4) is 0 Å². The van der Waals surface area contributed by atoms with Crippen molar-refractivity contribution < 1.29 is 0 Å². The number of thiazole rings is 1. The van der Waals surface area contributed by atoms with E-state index in [9.17, 15) is 0 Å². The molecule has 1 aromatic heterocycles. The molecule has 1 spiro atoms. The molecule has 0 bridgehead atoms. The number of aryl methyl sites for hydroxylation is 1. The summed E-state index contributed by atoms with van der Waals surface area (Å²) < 4.78 is 0. The number of likely N-dealkylation sites (tertiary alicyclic amines) is 1. The highest BCUT2D eigenvalue weighted by Crippen LogP contribution is 2.47. The van der Waals surface area contributed by atoms with Crippen molar-refractivity contribution in [2.45, 2.75) is 46.0 Å². The van der Waals surface area contributed by atoms with Gasteiger partial charge in [0.05, 0.1) is 10.7 Å². The van der Waals surface area contributed by atoms with E-state index in [4.69, 9.17) is 4.99 Å². The van der Waals surface area contributed by atoms with Crippen LogP contribution in [0.5, 0.6) is 0 Å². The monoisotopic (exact) mass is 434 g/mol. The first-order valence-corrected chi connectivity index (χ1v) is 9.03. The van der Waals surface area contributed by atoms with E-state index in [0.29, 0.717) is 5.41 Å². The second-order valence-corrected chi connectivity index (χ2v) is 7.43. The fourth-order valence-electron chi connectivity index (χ4n) is 3.43. The summed E-state index contributed by atoms with van der Waals surface area (Å²) in [5.74, 6) is 1.10. The van der Waals surface area contributed by atoms with Crippen molar-refractivity contribution in [1.82, 2.24) is 15.2 Å². The van der Waals surface area contributed by atoms with E-state index < -0.39 is 0 Å². The molecule has 124 valence electrons. The van der Waals surface area contributed by atoms with E-state index >= 15 is 0 Å². The van der Waals surface area contributed by atoms with E-state index in [2.05, 4.69) is 34.4 Å². The first-order chi connectivity index (χ1) is 10.2. The normalized spacial score (nSPS) is 19.9. The number of hydrogen-bond donors (Lipinski definition) is 1. The lowest BCUT2D eigenvalue weighted by Gasteiger charge is -2.38. The standard InChI is InChI=1S/C16H26N4S.HI/c1-3-17-15(18-9-5-14-11-21-13(2)19-14)20-10-8-16(12-20)6-4-7-16;/h11H,3-10,12H2,1-2H3,(H,17,18);1H. The zero-order valence-corrected chi connectivity index (χ0v) is 16.7. The van der Waals surface area contributed by atoms with Crippen LogP contribution in [0.4, 0.5) is 0 Å². The average Bonchev–Trinajstić information content (AvgIpc) is 3.04. The number of aliphatic imine (C=N–C) groups is 1. The van der Waals surface area contributed by atoms with Gasteiger partial charge in [-0.2, -0.15) is 0 Å². The van der Waals surface area contributed by atoms with Crippen LogP contribution in [0, 0.1) is 12.3 Å². The summed E-state index contributed by atoms with van der Waals surface area (Å²) in [7, 11) is 0. The molecule has 2 fully saturated rings. The minimum absolute atomic E-state index is 0. The van der Waals surface area contributed by atoms with Crippen LogP contribution >= 0.6 is 35.3 Å². The maximum absolute atomic E-state index is 4.82. The van der Waals surface area contributed by atoms with E-state index in [0.717, 1.165) is 30.5 Å². The second-order valence-electron chi connectivity index (χ2n) is 6.37. The fourth-order valence-corrected chi connectivity index (χ4v) is 4.07. The number of halogens is 1. The molecule has 0 aromatic carbocycles. The Hall–Kier alpha value is -0.370. The largest absolute Gasteiger partial charge is 0.357 e. The molecule has 22 heavy (non-hydrogen) atoms. The molecule has 1 N–H and O–H groups in total. The van der Waals surface area contributed by atoms with Crippen LogP contribution in [0.15, 0.2) is 10.4 Å². The third-order valence-electron chi connectivity index (χ3n) is 4.78. The fraction of sp³-hybridized carbons (Fsp3) is 0.750. The molecule has 1 saturated carbocycles. The molecule has 2 heterocycles. The number of nitrogens with one attached hydrogen (secondary N) is 1. The molecule has 1 saturated heterocycles. The van der Waals surface area contributed by atoms with Crippen LogP contribution in [0.1, 0.15) is 43.3 Å². The Bertz CT molecular complexity index is 510. The Morgan fingerprint density at radius 3 is 2.82 bits per heavy atom. The molecule has 1 aromatic rings. The zero-order valence-electron chi connectivity index (χ0n) is 13.6. The zero-order chi connectivity index (χ0) is 14.7. The summed E-state index contributed by atoms with van der Waals surface area (Å²) in [6.07, 6.45) is 6.55. The first-order valence-electron chi connectivity index (χ1n) is 8.15. The van der Waals surface area contributed by atoms with Crippen molar-refractivity contribution in [3.05, 3.63) is 16.1 Å². The maximum atomic E-state index is 4.82. The van der Waals surface area contributed by atoms with Crippen molar-refractivity contribution in [2.75, 3.05) is 26.2 Å². The van der Waals surface area contributed by atoms with Crippen LogP contribution in [0.2, 0.25) is 0 Å². The number of aromatic nitrogens is 1. The molecule has 6 heteroatoms. The molecule has 0 atom stereocenters. The molecule has 3 rings (SSSR count). The molecule has 1 aliphatic heterocycles. The van der Waals surface area contributed by atoms with E-state index in [1.807, 2.05) is 0 Å². The van der Waals surface area contributed by atoms with Gasteiger partial charge in [0.1, 0.15) is 0 Å². The van der Waals surface area contributed by atoms with Gasteiger partial charge in [-0.1, -0.05) is 6.42 Å². The molecule has 1 aliphatic carbocycles. The molecular weight excluding hydrogens is 407 g/mol. The lowest BCUT2D eigenvalue weighted by molar-refractivity contribution is 0.151. The van der Waals surface area contributed by atoms with Crippen LogP contribution < -0.4 is 5.32 Å². The van der Waals surface area contributed by atoms with Crippen molar-refractivity contribution in [1.29, 1.82) is 0 Å². The van der Waals surface area contributed by atoms with Gasteiger partial charge in [-0.25, -0.2) is 4.98 Å². The van der Waals surface area contributed by atoms with Crippen LogP contribution in [-0.4, -0.2) is 42.0 Å². The quantitative estimate of drug-likeness (QED) is 0.449. The van der Waals surface area contributed by atoms with Gasteiger partial charge in [0, 0.05) is 38.0 Å². The summed E-state index contributed by atoms with van der Waals surface area (Å²) in [5.41, 5.74) is 1.80. The van der Waals surface area contributed by atoms with E-state index in [1.54, 1.807) is 11.3 Å². The summed E-state index contributed by atoms with van der Waals surface area (Å²) in [4.78, 5) is 11.8. The lowest BCUT2D eigenvalue weighted by atomic mass is 9.68. The minimum atomic E-state index is 0. The molecule has 2 aliphatic rings. The third kappa shape index (κ3) is 4.13. The van der Waals surface area contributed by atoms with Gasteiger partial charge in [-0.3, -0.25) is 4.99 Å². The summed E-state index contributed by atoms with van der Waals surface area (Å²) >= 11 is 1.72. The van der Waals surface area contributed by atoms with Crippen molar-refractivity contribution >= 4 is 41.3 Å². The lowest BCUT2D eigenvalue weighted by Crippen LogP contribution is -2.42. The highest BCUT2D eigenvalue weighted by molar-refractivity contribution is 14.0. The average molecular weight is 434 g/mol. The SMILES string of the molecule is CCNC(=NCCc1csc(C)n1)N1CCC2(CCC2)C1.I. The van der Waals surface area contributed by atoms with Gasteiger partial charge in [0.2, 0.25) is 0 Å². The van der Waals surface area contributed by atoms with Gasteiger partial charge < -0.3 is 10.2 Å². The third-order valence-corrected chi connectivity index (χ3v) is 5.61. The predicted octanol–water partition coefficient (Wildman–Crippen LogP) is 3.45. The first kappa shape index (κ1) is 18.0. The number of guanidine groups is 1. The van der Waals surface area contributed by atoms with E-state index in [1.165, 1.54) is 44.5 Å². The van der Waals surface area contributed by atoms with Crippen LogP contribution in [0.25, 0.3) is 0 Å². The van der Waals surface area contributed by atoms with Gasteiger partial charge in [0.25, 0.3) is 0 Å². The van der Waals surface area contributed by atoms with Gasteiger partial charge >= 0.3 is 0 Å². The number of hydrogen-bond acceptors (Lipinski definition) is 3.